The maximum Gasteiger partial charge on any atom is 0.162 e. The van der Waals surface area contributed by atoms with Gasteiger partial charge in [-0.15, -0.1) is 0 Å². The van der Waals surface area contributed by atoms with Gasteiger partial charge in [-0.2, -0.15) is 5.10 Å². The molecule has 0 bridgehead atoms. The molecule has 0 N–H and O–H groups in total. The van der Waals surface area contributed by atoms with Crippen LogP contribution in [0.15, 0.2) is 43.0 Å². The van der Waals surface area contributed by atoms with Crippen molar-refractivity contribution in [3.8, 4) is 11.1 Å². The number of aromatic nitrogens is 4. The molecule has 4 rings (SSSR count). The average molecular weight is 288 g/mol. The minimum atomic E-state index is 0.872. The van der Waals surface area contributed by atoms with Crippen LogP contribution in [0.1, 0.15) is 16.7 Å². The van der Waals surface area contributed by atoms with E-state index in [2.05, 4.69) is 41.0 Å². The van der Waals surface area contributed by atoms with Crippen molar-refractivity contribution in [2.75, 3.05) is 0 Å². The van der Waals surface area contributed by atoms with Crippen LogP contribution in [-0.4, -0.2) is 19.6 Å². The summed E-state index contributed by atoms with van der Waals surface area (Å²) in [5.41, 5.74) is 7.65. The van der Waals surface area contributed by atoms with Crippen molar-refractivity contribution in [2.45, 2.75) is 20.8 Å². The smallest absolute Gasteiger partial charge is 0.162 e. The Morgan fingerprint density at radius 2 is 1.73 bits per heavy atom. The highest BCUT2D eigenvalue weighted by Crippen LogP contribution is 2.31. The van der Waals surface area contributed by atoms with Gasteiger partial charge in [0.15, 0.2) is 5.65 Å². The number of rotatable bonds is 1. The minimum Gasteiger partial charge on any atom is -0.256 e. The average Bonchev–Trinajstić information content (AvgIpc) is 2.90. The molecule has 0 aliphatic rings. The normalized spacial score (nSPS) is 11.4. The number of nitrogens with zero attached hydrogens (tertiary/aromatic N) is 4. The summed E-state index contributed by atoms with van der Waals surface area (Å²) in [5, 5.41) is 5.58. The van der Waals surface area contributed by atoms with Gasteiger partial charge < -0.3 is 0 Å². The Morgan fingerprint density at radius 3 is 2.59 bits per heavy atom. The highest BCUT2D eigenvalue weighted by atomic mass is 15.2. The maximum absolute atomic E-state index is 4.54. The Kier molecular flexibility index (Phi) is 2.73. The molecule has 0 saturated heterocycles. The fourth-order valence-electron chi connectivity index (χ4n) is 2.80. The first-order valence-corrected chi connectivity index (χ1v) is 7.30. The molecule has 3 heterocycles. The summed E-state index contributed by atoms with van der Waals surface area (Å²) in [5.74, 6) is 0. The van der Waals surface area contributed by atoms with Gasteiger partial charge in [0, 0.05) is 29.5 Å². The van der Waals surface area contributed by atoms with Gasteiger partial charge in [-0.25, -0.2) is 9.50 Å². The summed E-state index contributed by atoms with van der Waals surface area (Å²) in [7, 11) is 0. The second-order valence-corrected chi connectivity index (χ2v) is 5.77. The van der Waals surface area contributed by atoms with E-state index in [1.807, 2.05) is 42.3 Å². The number of fused-ring (bicyclic) bond motifs is 2. The number of hydrogen-bond acceptors (Lipinski definition) is 3. The minimum absolute atomic E-state index is 0.872. The molecule has 4 aromatic rings. The third-order valence-electron chi connectivity index (χ3n) is 4.13. The molecule has 0 fully saturated rings. The van der Waals surface area contributed by atoms with Gasteiger partial charge in [-0.05, 0) is 61.2 Å². The Hall–Kier alpha value is -2.75. The summed E-state index contributed by atoms with van der Waals surface area (Å²) >= 11 is 0. The van der Waals surface area contributed by atoms with E-state index in [9.17, 15) is 0 Å². The van der Waals surface area contributed by atoms with E-state index in [1.54, 1.807) is 0 Å². The van der Waals surface area contributed by atoms with Crippen molar-refractivity contribution in [1.82, 2.24) is 19.6 Å². The van der Waals surface area contributed by atoms with Crippen LogP contribution in [0.4, 0.5) is 0 Å². The van der Waals surface area contributed by atoms with E-state index in [4.69, 9.17) is 0 Å². The first kappa shape index (κ1) is 13.0. The fourth-order valence-corrected chi connectivity index (χ4v) is 2.80. The molecule has 4 heteroatoms. The number of aryl methyl sites for hydroxylation is 3. The van der Waals surface area contributed by atoms with Crippen molar-refractivity contribution in [1.29, 1.82) is 0 Å². The van der Waals surface area contributed by atoms with Crippen molar-refractivity contribution in [3.05, 3.63) is 59.7 Å². The third-order valence-corrected chi connectivity index (χ3v) is 4.13. The molecule has 4 nitrogen and oxygen atoms in total. The molecule has 3 aromatic heterocycles. The van der Waals surface area contributed by atoms with Crippen LogP contribution in [0.5, 0.6) is 0 Å². The van der Waals surface area contributed by atoms with E-state index in [-0.39, 0.29) is 0 Å². The van der Waals surface area contributed by atoms with Gasteiger partial charge in [0.05, 0.1) is 11.7 Å². The first-order valence-electron chi connectivity index (χ1n) is 7.30. The molecule has 0 amide bonds. The zero-order valence-corrected chi connectivity index (χ0v) is 12.8. The summed E-state index contributed by atoms with van der Waals surface area (Å²) in [6.07, 6.45) is 7.60. The van der Waals surface area contributed by atoms with Gasteiger partial charge >= 0.3 is 0 Å². The quantitative estimate of drug-likeness (QED) is 0.534. The van der Waals surface area contributed by atoms with Crippen molar-refractivity contribution in [3.63, 3.8) is 0 Å². The SMILES string of the molecule is Cc1cnc2c(-c3ccnc4cc(C)c(C)cc34)cnn2c1. The van der Waals surface area contributed by atoms with E-state index in [0.29, 0.717) is 0 Å². The van der Waals surface area contributed by atoms with Crippen molar-refractivity contribution in [2.24, 2.45) is 0 Å². The summed E-state index contributed by atoms with van der Waals surface area (Å²) < 4.78 is 1.83. The van der Waals surface area contributed by atoms with Crippen LogP contribution in [0.25, 0.3) is 27.7 Å². The Balaban J connectivity index is 2.06. The molecule has 108 valence electrons. The molecule has 0 aliphatic carbocycles. The Labute approximate surface area is 128 Å². The number of hydrogen-bond donors (Lipinski definition) is 0. The lowest BCUT2D eigenvalue weighted by Gasteiger charge is -2.08. The summed E-state index contributed by atoms with van der Waals surface area (Å²) in [6.45, 7) is 6.26. The van der Waals surface area contributed by atoms with Gasteiger partial charge in [0.1, 0.15) is 0 Å². The fraction of sp³-hybridized carbons (Fsp3) is 0.167. The van der Waals surface area contributed by atoms with Crippen LogP contribution in [0, 0.1) is 20.8 Å². The molecular formula is C18H16N4. The largest absolute Gasteiger partial charge is 0.256 e. The molecule has 0 radical (unpaired) electrons. The van der Waals surface area contributed by atoms with E-state index in [0.717, 1.165) is 33.2 Å². The van der Waals surface area contributed by atoms with E-state index >= 15 is 0 Å². The van der Waals surface area contributed by atoms with E-state index < -0.39 is 0 Å². The van der Waals surface area contributed by atoms with Crippen molar-refractivity contribution >= 4 is 16.6 Å². The highest BCUT2D eigenvalue weighted by Gasteiger charge is 2.12. The molecule has 0 saturated carbocycles. The zero-order chi connectivity index (χ0) is 15.3. The Bertz CT molecular complexity index is 1010. The summed E-state index contributed by atoms with van der Waals surface area (Å²) in [4.78, 5) is 9.04. The molecule has 0 aliphatic heterocycles. The van der Waals surface area contributed by atoms with Crippen LogP contribution in [-0.2, 0) is 0 Å². The number of pyridine rings is 1. The van der Waals surface area contributed by atoms with Gasteiger partial charge in [0.2, 0.25) is 0 Å². The van der Waals surface area contributed by atoms with Crippen LogP contribution >= 0.6 is 0 Å². The second-order valence-electron chi connectivity index (χ2n) is 5.77. The molecule has 1 aromatic carbocycles. The van der Waals surface area contributed by atoms with Gasteiger partial charge in [0.25, 0.3) is 0 Å². The predicted octanol–water partition coefficient (Wildman–Crippen LogP) is 3.87. The Morgan fingerprint density at radius 1 is 0.909 bits per heavy atom. The molecule has 0 unspecified atom stereocenters. The molecule has 0 spiro atoms. The first-order chi connectivity index (χ1) is 10.6. The van der Waals surface area contributed by atoms with Crippen LogP contribution in [0.3, 0.4) is 0 Å². The molecule has 0 atom stereocenters. The van der Waals surface area contributed by atoms with Crippen LogP contribution < -0.4 is 0 Å². The maximum atomic E-state index is 4.54. The van der Waals surface area contributed by atoms with Gasteiger partial charge in [-0.3, -0.25) is 4.98 Å². The third kappa shape index (κ3) is 1.88. The zero-order valence-electron chi connectivity index (χ0n) is 12.8. The lowest BCUT2D eigenvalue weighted by atomic mass is 9.99. The lowest BCUT2D eigenvalue weighted by Crippen LogP contribution is -1.92. The lowest BCUT2D eigenvalue weighted by molar-refractivity contribution is 0.928. The molecular weight excluding hydrogens is 272 g/mol. The highest BCUT2D eigenvalue weighted by molar-refractivity contribution is 5.98. The standard InChI is InChI=1S/C18H16N4/c1-11-8-20-18-16(9-21-22(18)10-11)14-4-5-19-17-7-13(3)12(2)6-15(14)17/h4-10H,1-3H3. The monoisotopic (exact) mass is 288 g/mol. The van der Waals surface area contributed by atoms with Gasteiger partial charge in [-0.1, -0.05) is 0 Å². The predicted molar refractivity (Wildman–Crippen MR) is 87.9 cm³/mol. The number of benzene rings is 1. The van der Waals surface area contributed by atoms with Crippen LogP contribution in [0.2, 0.25) is 0 Å². The summed E-state index contributed by atoms with van der Waals surface area (Å²) in [6, 6.07) is 6.37. The van der Waals surface area contributed by atoms with Crippen molar-refractivity contribution < 1.29 is 0 Å². The molecule has 22 heavy (non-hydrogen) atoms. The second kappa shape index (κ2) is 4.63. The topological polar surface area (TPSA) is 43.1 Å². The van der Waals surface area contributed by atoms with E-state index in [1.165, 1.54) is 11.1 Å².